The monoisotopic (exact) mass is 495 g/mol. The molecular formula is C19H31FIN3OS. The molecule has 0 aliphatic carbocycles. The van der Waals surface area contributed by atoms with Gasteiger partial charge in [0.25, 0.3) is 0 Å². The third-order valence-corrected chi connectivity index (χ3v) is 6.10. The molecule has 1 saturated heterocycles. The Morgan fingerprint density at radius 3 is 2.65 bits per heavy atom. The second kappa shape index (κ2) is 12.0. The van der Waals surface area contributed by atoms with E-state index in [0.717, 1.165) is 69.2 Å². The van der Waals surface area contributed by atoms with Crippen LogP contribution in [0.1, 0.15) is 30.9 Å². The Hall–Kier alpha value is -0.540. The zero-order chi connectivity index (χ0) is 18.1. The molecule has 1 aromatic rings. The lowest BCUT2D eigenvalue weighted by Gasteiger charge is -2.34. The molecule has 1 aromatic carbocycles. The molecule has 1 aliphatic heterocycles. The Kier molecular flexibility index (Phi) is 10.9. The van der Waals surface area contributed by atoms with E-state index in [0.29, 0.717) is 0 Å². The highest BCUT2D eigenvalue weighted by molar-refractivity contribution is 14.0. The van der Waals surface area contributed by atoms with Crippen molar-refractivity contribution < 1.29 is 9.13 Å². The van der Waals surface area contributed by atoms with Crippen LogP contribution in [0.2, 0.25) is 0 Å². The lowest BCUT2D eigenvalue weighted by Crippen LogP contribution is -2.41. The maximum Gasteiger partial charge on any atom is 0.191 e. The van der Waals surface area contributed by atoms with Gasteiger partial charge in [0.15, 0.2) is 5.96 Å². The third kappa shape index (κ3) is 7.23. The van der Waals surface area contributed by atoms with Gasteiger partial charge < -0.3 is 15.4 Å². The van der Waals surface area contributed by atoms with E-state index >= 15 is 0 Å². The molecule has 0 saturated carbocycles. The van der Waals surface area contributed by atoms with Crippen molar-refractivity contribution in [2.45, 2.75) is 37.9 Å². The summed E-state index contributed by atoms with van der Waals surface area (Å²) < 4.78 is 18.9. The third-order valence-electron chi connectivity index (χ3n) is 4.70. The van der Waals surface area contributed by atoms with E-state index in [4.69, 9.17) is 9.73 Å². The predicted molar refractivity (Wildman–Crippen MR) is 121 cm³/mol. The van der Waals surface area contributed by atoms with E-state index in [1.807, 2.05) is 24.8 Å². The smallest absolute Gasteiger partial charge is 0.191 e. The molecule has 1 heterocycles. The van der Waals surface area contributed by atoms with Crippen LogP contribution in [0.15, 0.2) is 23.2 Å². The van der Waals surface area contributed by atoms with Crippen molar-refractivity contribution in [3.8, 4) is 0 Å². The fraction of sp³-hybridized carbons (Fsp3) is 0.632. The Morgan fingerprint density at radius 2 is 2.04 bits per heavy atom. The van der Waals surface area contributed by atoms with Gasteiger partial charge in [-0.3, -0.25) is 4.99 Å². The standard InChI is InChI=1S/C19H30FN3OS.HI/c1-4-21-18(23-14-19(25-3)8-11-24-12-9-19)22-10-7-16-5-6-17(20)13-15(16)2;/h5-6,13H,4,7-12,14H2,1-3H3,(H2,21,22,23);1H. The molecule has 0 aromatic heterocycles. The van der Waals surface area contributed by atoms with Crippen molar-refractivity contribution in [2.24, 2.45) is 4.99 Å². The normalized spacial score (nSPS) is 16.7. The van der Waals surface area contributed by atoms with Gasteiger partial charge in [-0.1, -0.05) is 6.07 Å². The first-order valence-corrected chi connectivity index (χ1v) is 10.2. The average Bonchev–Trinajstić information content (AvgIpc) is 2.62. The van der Waals surface area contributed by atoms with Crippen molar-refractivity contribution in [3.05, 3.63) is 35.1 Å². The minimum atomic E-state index is -0.178. The highest BCUT2D eigenvalue weighted by Crippen LogP contribution is 2.33. The van der Waals surface area contributed by atoms with Gasteiger partial charge in [0.2, 0.25) is 0 Å². The minimum absolute atomic E-state index is 0. The Bertz CT molecular complexity index is 580. The molecule has 0 radical (unpaired) electrons. The highest BCUT2D eigenvalue weighted by atomic mass is 127. The van der Waals surface area contributed by atoms with Crippen molar-refractivity contribution in [3.63, 3.8) is 0 Å². The molecule has 148 valence electrons. The van der Waals surface area contributed by atoms with Crippen LogP contribution in [0, 0.1) is 12.7 Å². The van der Waals surface area contributed by atoms with E-state index in [2.05, 4.69) is 23.8 Å². The summed E-state index contributed by atoms with van der Waals surface area (Å²) in [7, 11) is 0. The molecule has 26 heavy (non-hydrogen) atoms. The number of aliphatic imine (C=N–C) groups is 1. The lowest BCUT2D eigenvalue weighted by atomic mass is 9.99. The zero-order valence-corrected chi connectivity index (χ0v) is 19.1. The summed E-state index contributed by atoms with van der Waals surface area (Å²) in [5, 5.41) is 6.71. The largest absolute Gasteiger partial charge is 0.381 e. The first-order valence-electron chi connectivity index (χ1n) is 8.99. The van der Waals surface area contributed by atoms with Crippen LogP contribution in [-0.4, -0.2) is 49.8 Å². The Labute approximate surface area is 178 Å². The topological polar surface area (TPSA) is 45.7 Å². The zero-order valence-electron chi connectivity index (χ0n) is 15.9. The van der Waals surface area contributed by atoms with E-state index < -0.39 is 0 Å². The number of guanidine groups is 1. The van der Waals surface area contributed by atoms with E-state index in [1.165, 1.54) is 6.07 Å². The molecule has 2 N–H and O–H groups in total. The predicted octanol–water partition coefficient (Wildman–Crippen LogP) is 3.76. The summed E-state index contributed by atoms with van der Waals surface area (Å²) in [6.45, 7) is 8.06. The maximum atomic E-state index is 13.2. The number of hydrogen-bond donors (Lipinski definition) is 2. The van der Waals surface area contributed by atoms with Gasteiger partial charge in [-0.15, -0.1) is 24.0 Å². The number of nitrogens with one attached hydrogen (secondary N) is 2. The molecule has 0 bridgehead atoms. The summed E-state index contributed by atoms with van der Waals surface area (Å²) in [6, 6.07) is 4.97. The van der Waals surface area contributed by atoms with Crippen LogP contribution in [0.25, 0.3) is 0 Å². The second-order valence-corrected chi connectivity index (χ2v) is 7.72. The number of thioether (sulfide) groups is 1. The number of hydrogen-bond acceptors (Lipinski definition) is 3. The van der Waals surface area contributed by atoms with Crippen molar-refractivity contribution in [2.75, 3.05) is 39.1 Å². The van der Waals surface area contributed by atoms with Gasteiger partial charge in [0, 0.05) is 31.1 Å². The van der Waals surface area contributed by atoms with Crippen LogP contribution >= 0.6 is 35.7 Å². The fourth-order valence-electron chi connectivity index (χ4n) is 2.99. The number of rotatable bonds is 7. The summed E-state index contributed by atoms with van der Waals surface area (Å²) in [6.07, 6.45) is 5.11. The van der Waals surface area contributed by atoms with E-state index in [1.54, 1.807) is 6.07 Å². The van der Waals surface area contributed by atoms with E-state index in [9.17, 15) is 4.39 Å². The molecule has 4 nitrogen and oxygen atoms in total. The molecule has 0 unspecified atom stereocenters. The van der Waals surface area contributed by atoms with Crippen LogP contribution in [0.3, 0.4) is 0 Å². The quantitative estimate of drug-likeness (QED) is 0.344. The van der Waals surface area contributed by atoms with Crippen molar-refractivity contribution in [1.29, 1.82) is 0 Å². The van der Waals surface area contributed by atoms with Gasteiger partial charge in [0.05, 0.1) is 6.54 Å². The second-order valence-electron chi connectivity index (χ2n) is 6.44. The number of benzene rings is 1. The molecule has 0 spiro atoms. The summed E-state index contributed by atoms with van der Waals surface area (Å²) in [5.41, 5.74) is 2.15. The Morgan fingerprint density at radius 1 is 1.31 bits per heavy atom. The maximum absolute atomic E-state index is 13.2. The molecule has 1 fully saturated rings. The SMILES string of the molecule is CCNC(=NCC1(SC)CCOCC1)NCCc1ccc(F)cc1C.I. The number of aryl methyl sites for hydroxylation is 1. The lowest BCUT2D eigenvalue weighted by molar-refractivity contribution is 0.0794. The molecule has 2 rings (SSSR count). The van der Waals surface area contributed by atoms with Gasteiger partial charge in [-0.05, 0) is 62.6 Å². The first kappa shape index (κ1) is 23.5. The summed E-state index contributed by atoms with van der Waals surface area (Å²) in [4.78, 5) is 4.81. The minimum Gasteiger partial charge on any atom is -0.381 e. The number of nitrogens with zero attached hydrogens (tertiary/aromatic N) is 1. The van der Waals surface area contributed by atoms with Crippen molar-refractivity contribution >= 4 is 41.7 Å². The fourth-order valence-corrected chi connectivity index (χ4v) is 3.76. The summed E-state index contributed by atoms with van der Waals surface area (Å²) >= 11 is 1.90. The van der Waals surface area contributed by atoms with Gasteiger partial charge >= 0.3 is 0 Å². The van der Waals surface area contributed by atoms with Gasteiger partial charge in [0.1, 0.15) is 5.82 Å². The Balaban J connectivity index is 0.00000338. The first-order chi connectivity index (χ1) is 12.1. The number of halogens is 2. The van der Waals surface area contributed by atoms with Crippen LogP contribution < -0.4 is 10.6 Å². The van der Waals surface area contributed by atoms with Crippen LogP contribution in [0.4, 0.5) is 4.39 Å². The van der Waals surface area contributed by atoms with Crippen LogP contribution in [0.5, 0.6) is 0 Å². The molecular weight excluding hydrogens is 464 g/mol. The molecule has 0 amide bonds. The molecule has 7 heteroatoms. The average molecular weight is 495 g/mol. The van der Waals surface area contributed by atoms with Crippen LogP contribution in [-0.2, 0) is 11.2 Å². The van der Waals surface area contributed by atoms with Gasteiger partial charge in [-0.2, -0.15) is 11.8 Å². The number of ether oxygens (including phenoxy) is 1. The summed E-state index contributed by atoms with van der Waals surface area (Å²) in [5.74, 6) is 0.671. The highest BCUT2D eigenvalue weighted by Gasteiger charge is 2.31. The molecule has 0 atom stereocenters. The van der Waals surface area contributed by atoms with E-state index in [-0.39, 0.29) is 34.5 Å². The van der Waals surface area contributed by atoms with Gasteiger partial charge in [-0.25, -0.2) is 4.39 Å². The van der Waals surface area contributed by atoms with Crippen molar-refractivity contribution in [1.82, 2.24) is 10.6 Å². The molecule has 1 aliphatic rings.